The second-order valence-corrected chi connectivity index (χ2v) is 4.80. The zero-order valence-electron chi connectivity index (χ0n) is 11.0. The molecule has 0 amide bonds. The van der Waals surface area contributed by atoms with Gasteiger partial charge in [0.25, 0.3) is 0 Å². The van der Waals surface area contributed by atoms with Gasteiger partial charge in [-0.05, 0) is 11.6 Å². The van der Waals surface area contributed by atoms with Crippen molar-refractivity contribution in [3.8, 4) is 17.2 Å². The van der Waals surface area contributed by atoms with Gasteiger partial charge < -0.3 is 14.6 Å². The number of ether oxygens (including phenoxy) is 2. The monoisotopic (exact) mass is 256 g/mol. The minimum absolute atomic E-state index is 0.0114. The summed E-state index contributed by atoms with van der Waals surface area (Å²) >= 11 is 0. The van der Waals surface area contributed by atoms with Gasteiger partial charge in [-0.15, -0.1) is 0 Å². The fourth-order valence-electron chi connectivity index (χ4n) is 2.59. The van der Waals surface area contributed by atoms with E-state index in [2.05, 4.69) is 19.1 Å². The highest BCUT2D eigenvalue weighted by Crippen LogP contribution is 2.49. The number of hydrogen-bond donors (Lipinski definition) is 1. The topological polar surface area (TPSA) is 38.7 Å². The quantitative estimate of drug-likeness (QED) is 0.891. The summed E-state index contributed by atoms with van der Waals surface area (Å²) in [6, 6.07) is 13.6. The summed E-state index contributed by atoms with van der Waals surface area (Å²) in [5, 5.41) is 9.87. The second-order valence-electron chi connectivity index (χ2n) is 4.80. The summed E-state index contributed by atoms with van der Waals surface area (Å²) in [6.45, 7) is 2.11. The summed E-state index contributed by atoms with van der Waals surface area (Å²) in [5.41, 5.74) is 2.16. The fraction of sp³-hybridized carbons (Fsp3) is 0.250. The number of hydrogen-bond acceptors (Lipinski definition) is 3. The van der Waals surface area contributed by atoms with Gasteiger partial charge in [0.2, 0.25) is 0 Å². The largest absolute Gasteiger partial charge is 0.504 e. The molecule has 3 heteroatoms. The lowest BCUT2D eigenvalue weighted by molar-refractivity contribution is 0.215. The van der Waals surface area contributed by atoms with Crippen LogP contribution in [0.1, 0.15) is 30.1 Å². The Labute approximate surface area is 112 Å². The molecule has 1 aliphatic heterocycles. The Hall–Kier alpha value is -2.16. The average molecular weight is 256 g/mol. The Morgan fingerprint density at radius 1 is 1.16 bits per heavy atom. The van der Waals surface area contributed by atoms with Gasteiger partial charge in [0.05, 0.1) is 7.11 Å². The Balaban J connectivity index is 2.00. The smallest absolute Gasteiger partial charge is 0.164 e. The van der Waals surface area contributed by atoms with Gasteiger partial charge in [0, 0.05) is 17.5 Å². The van der Waals surface area contributed by atoms with Gasteiger partial charge in [-0.25, -0.2) is 0 Å². The highest BCUT2D eigenvalue weighted by molar-refractivity contribution is 5.54. The minimum Gasteiger partial charge on any atom is -0.504 e. The Kier molecular flexibility index (Phi) is 2.82. The molecule has 1 aliphatic rings. The Bertz CT molecular complexity index is 592. The number of phenols is 1. The molecule has 19 heavy (non-hydrogen) atoms. The van der Waals surface area contributed by atoms with Crippen LogP contribution in [-0.4, -0.2) is 12.2 Å². The molecule has 2 unspecified atom stereocenters. The zero-order valence-corrected chi connectivity index (χ0v) is 11.0. The Morgan fingerprint density at radius 2 is 1.89 bits per heavy atom. The van der Waals surface area contributed by atoms with Crippen molar-refractivity contribution in [2.75, 3.05) is 7.11 Å². The van der Waals surface area contributed by atoms with Crippen LogP contribution in [0.15, 0.2) is 42.5 Å². The lowest BCUT2D eigenvalue weighted by Gasteiger charge is -2.15. The molecule has 3 rings (SSSR count). The first-order valence-corrected chi connectivity index (χ1v) is 6.33. The molecule has 0 fully saturated rings. The van der Waals surface area contributed by atoms with Crippen LogP contribution < -0.4 is 9.47 Å². The maximum atomic E-state index is 9.87. The predicted octanol–water partition coefficient (Wildman–Crippen LogP) is 3.64. The minimum atomic E-state index is -0.0114. The number of rotatable bonds is 2. The molecule has 0 saturated heterocycles. The van der Waals surface area contributed by atoms with E-state index in [0.29, 0.717) is 5.75 Å². The molecule has 0 spiro atoms. The third-order valence-corrected chi connectivity index (χ3v) is 3.64. The van der Waals surface area contributed by atoms with Crippen molar-refractivity contribution in [3.05, 3.63) is 53.6 Å². The van der Waals surface area contributed by atoms with Gasteiger partial charge in [-0.1, -0.05) is 37.3 Å². The number of methoxy groups -OCH3 is 1. The molecule has 98 valence electrons. The summed E-state index contributed by atoms with van der Waals surface area (Å²) in [7, 11) is 1.54. The van der Waals surface area contributed by atoms with Crippen LogP contribution in [0.25, 0.3) is 0 Å². The van der Waals surface area contributed by atoms with Crippen molar-refractivity contribution in [1.29, 1.82) is 0 Å². The van der Waals surface area contributed by atoms with Crippen molar-refractivity contribution in [3.63, 3.8) is 0 Å². The second kappa shape index (κ2) is 4.50. The van der Waals surface area contributed by atoms with Crippen LogP contribution in [0, 0.1) is 0 Å². The molecular weight excluding hydrogens is 240 g/mol. The predicted molar refractivity (Wildman–Crippen MR) is 72.9 cm³/mol. The van der Waals surface area contributed by atoms with E-state index < -0.39 is 0 Å². The molecule has 0 aliphatic carbocycles. The van der Waals surface area contributed by atoms with Crippen LogP contribution in [0.5, 0.6) is 17.2 Å². The maximum Gasteiger partial charge on any atom is 0.164 e. The molecule has 0 saturated carbocycles. The average Bonchev–Trinajstić information content (AvgIpc) is 2.76. The van der Waals surface area contributed by atoms with Crippen LogP contribution in [-0.2, 0) is 0 Å². The normalized spacial score (nSPS) is 20.7. The van der Waals surface area contributed by atoms with E-state index in [-0.39, 0.29) is 17.8 Å². The van der Waals surface area contributed by atoms with Crippen molar-refractivity contribution < 1.29 is 14.6 Å². The van der Waals surface area contributed by atoms with E-state index >= 15 is 0 Å². The number of aromatic hydroxyl groups is 1. The lowest BCUT2D eigenvalue weighted by atomic mass is 9.93. The maximum absolute atomic E-state index is 9.87. The van der Waals surface area contributed by atoms with Crippen LogP contribution in [0.4, 0.5) is 0 Å². The van der Waals surface area contributed by atoms with Crippen molar-refractivity contribution in [1.82, 2.24) is 0 Å². The van der Waals surface area contributed by atoms with E-state index in [9.17, 15) is 5.11 Å². The van der Waals surface area contributed by atoms with Gasteiger partial charge in [0.1, 0.15) is 11.9 Å². The van der Waals surface area contributed by atoms with Crippen molar-refractivity contribution in [2.24, 2.45) is 0 Å². The van der Waals surface area contributed by atoms with E-state index in [4.69, 9.17) is 9.47 Å². The van der Waals surface area contributed by atoms with E-state index in [1.807, 2.05) is 18.2 Å². The Morgan fingerprint density at radius 3 is 2.58 bits per heavy atom. The van der Waals surface area contributed by atoms with Crippen LogP contribution in [0.3, 0.4) is 0 Å². The van der Waals surface area contributed by atoms with Crippen molar-refractivity contribution in [2.45, 2.75) is 18.9 Å². The van der Waals surface area contributed by atoms with Crippen molar-refractivity contribution >= 4 is 0 Å². The highest BCUT2D eigenvalue weighted by Gasteiger charge is 2.33. The highest BCUT2D eigenvalue weighted by atomic mass is 16.5. The fourth-order valence-corrected chi connectivity index (χ4v) is 2.59. The SMILES string of the molecule is COc1cc2c(cc1O)C(C)C(c1ccccc1)O2. The summed E-state index contributed by atoms with van der Waals surface area (Å²) < 4.78 is 11.1. The number of phenolic OH excluding ortho intramolecular Hbond substituents is 1. The molecule has 0 aromatic heterocycles. The van der Waals surface area contributed by atoms with Gasteiger partial charge in [0.15, 0.2) is 11.5 Å². The lowest BCUT2D eigenvalue weighted by Crippen LogP contribution is -2.06. The summed E-state index contributed by atoms with van der Waals surface area (Å²) in [5.74, 6) is 1.59. The third kappa shape index (κ3) is 1.91. The molecule has 3 nitrogen and oxygen atoms in total. The van der Waals surface area contributed by atoms with E-state index in [0.717, 1.165) is 16.9 Å². The summed E-state index contributed by atoms with van der Waals surface area (Å²) in [6.07, 6.45) is -0.0114. The van der Waals surface area contributed by atoms with Gasteiger partial charge in [-0.2, -0.15) is 0 Å². The first kappa shape index (κ1) is 11.9. The number of fused-ring (bicyclic) bond motifs is 1. The van der Waals surface area contributed by atoms with Gasteiger partial charge >= 0.3 is 0 Å². The standard InChI is InChI=1S/C16H16O3/c1-10-12-8-13(17)15(18-2)9-14(12)19-16(10)11-6-4-3-5-7-11/h3-10,16-17H,1-2H3. The van der Waals surface area contributed by atoms with Crippen LogP contribution in [0.2, 0.25) is 0 Å². The van der Waals surface area contributed by atoms with Crippen LogP contribution >= 0.6 is 0 Å². The van der Waals surface area contributed by atoms with E-state index in [1.54, 1.807) is 12.1 Å². The summed E-state index contributed by atoms with van der Waals surface area (Å²) in [4.78, 5) is 0. The molecule has 2 aromatic carbocycles. The molecule has 2 atom stereocenters. The molecule has 1 heterocycles. The number of benzene rings is 2. The molecular formula is C16H16O3. The third-order valence-electron chi connectivity index (χ3n) is 3.64. The van der Waals surface area contributed by atoms with E-state index in [1.165, 1.54) is 7.11 Å². The molecule has 0 bridgehead atoms. The molecule has 2 aromatic rings. The van der Waals surface area contributed by atoms with Gasteiger partial charge in [-0.3, -0.25) is 0 Å². The first-order chi connectivity index (χ1) is 9.20. The zero-order chi connectivity index (χ0) is 13.4. The first-order valence-electron chi connectivity index (χ1n) is 6.33. The molecule has 1 N–H and O–H groups in total. The molecule has 0 radical (unpaired) electrons.